The Kier molecular flexibility index (Phi) is 5.41. The monoisotopic (exact) mass is 445 g/mol. The fourth-order valence-corrected chi connectivity index (χ4v) is 5.24. The minimum Gasteiger partial charge on any atom is -0.504 e. The fourth-order valence-electron chi connectivity index (χ4n) is 4.18. The highest BCUT2D eigenvalue weighted by molar-refractivity contribution is 7.10. The van der Waals surface area contributed by atoms with Gasteiger partial charge in [0.05, 0.1) is 23.1 Å². The minimum atomic E-state index is -0.801. The number of benzene rings is 2. The number of carbonyl (C=O) groups is 1. The zero-order chi connectivity index (χ0) is 23.0. The molecule has 6 nitrogen and oxygen atoms in total. The van der Waals surface area contributed by atoms with Crippen molar-refractivity contribution >= 4 is 17.2 Å². The molecule has 2 aromatic carbocycles. The highest BCUT2D eigenvalue weighted by Crippen LogP contribution is 2.46. The fraction of sp³-hybridized carbons (Fsp3) is 0.200. The third-order valence-electron chi connectivity index (χ3n) is 5.95. The maximum Gasteiger partial charge on any atom is 0.238 e. The first-order valence-corrected chi connectivity index (χ1v) is 11.0. The summed E-state index contributed by atoms with van der Waals surface area (Å²) in [5, 5.41) is 34.6. The number of phenolic OH excluding ortho intramolecular Hbond substituents is 2. The van der Waals surface area contributed by atoms with E-state index >= 15 is 0 Å². The van der Waals surface area contributed by atoms with E-state index in [1.165, 1.54) is 23.5 Å². The van der Waals surface area contributed by atoms with Gasteiger partial charge >= 0.3 is 0 Å². The van der Waals surface area contributed by atoms with Crippen LogP contribution in [0.5, 0.6) is 11.5 Å². The average Bonchev–Trinajstić information content (AvgIpc) is 3.30. The Morgan fingerprint density at radius 3 is 2.62 bits per heavy atom. The summed E-state index contributed by atoms with van der Waals surface area (Å²) in [4.78, 5) is 16.0. The Balaban J connectivity index is 1.84. The van der Waals surface area contributed by atoms with Crippen molar-refractivity contribution in [3.05, 3.63) is 81.8 Å². The predicted octanol–water partition coefficient (Wildman–Crippen LogP) is 4.62. The molecule has 0 saturated carbocycles. The molecule has 2 heterocycles. The molecule has 1 amide bonds. The van der Waals surface area contributed by atoms with E-state index in [9.17, 15) is 20.3 Å². The van der Waals surface area contributed by atoms with Gasteiger partial charge in [-0.3, -0.25) is 4.79 Å². The highest BCUT2D eigenvalue weighted by Gasteiger charge is 2.48. The van der Waals surface area contributed by atoms with E-state index in [0.717, 1.165) is 16.0 Å². The number of nitrogens with one attached hydrogen (secondary N) is 1. The number of nitrogens with zero attached hydrogens (tertiary/aromatic N) is 2. The second-order valence-corrected chi connectivity index (χ2v) is 8.88. The summed E-state index contributed by atoms with van der Waals surface area (Å²) < 4.78 is 0. The highest BCUT2D eigenvalue weighted by atomic mass is 32.1. The Hall–Kier alpha value is -3.76. The third-order valence-corrected chi connectivity index (χ3v) is 7.11. The molecule has 162 valence electrons. The number of likely N-dealkylation sites (N-methyl/N-ethyl adjacent to an activating group) is 1. The van der Waals surface area contributed by atoms with Crippen LogP contribution in [0.3, 0.4) is 0 Å². The normalized spacial score (nSPS) is 21.9. The van der Waals surface area contributed by atoms with Crippen LogP contribution in [-0.4, -0.2) is 28.1 Å². The van der Waals surface area contributed by atoms with Crippen LogP contribution in [0.1, 0.15) is 35.8 Å². The number of rotatable bonds is 3. The van der Waals surface area contributed by atoms with Crippen molar-refractivity contribution in [2.75, 3.05) is 7.05 Å². The number of phenols is 2. The summed E-state index contributed by atoms with van der Waals surface area (Å²) in [6.07, 6.45) is 1.85. The largest absolute Gasteiger partial charge is 0.504 e. The number of allylic oxidation sites excluding steroid dienone is 1. The molecule has 0 spiro atoms. The lowest BCUT2D eigenvalue weighted by Gasteiger charge is -2.46. The molecule has 3 aromatic rings. The molecule has 1 fully saturated rings. The molecule has 0 unspecified atom stereocenters. The first kappa shape index (κ1) is 21.5. The molecule has 7 heteroatoms. The van der Waals surface area contributed by atoms with Crippen molar-refractivity contribution < 1.29 is 15.0 Å². The van der Waals surface area contributed by atoms with Gasteiger partial charge in [0, 0.05) is 11.9 Å². The van der Waals surface area contributed by atoms with E-state index in [4.69, 9.17) is 0 Å². The van der Waals surface area contributed by atoms with E-state index in [1.54, 1.807) is 24.1 Å². The second kappa shape index (κ2) is 8.06. The maximum atomic E-state index is 13.5. The SMILES string of the molecule is C/C=C1/N[C@](C)(c2cc(-c3cccc(C#N)c3)cs2)[C@H](c2ccc(O)c(O)c2)C(=O)N1C. The Bertz CT molecular complexity index is 1270. The molecule has 0 radical (unpaired) electrons. The van der Waals surface area contributed by atoms with Crippen molar-refractivity contribution in [1.82, 2.24) is 10.2 Å². The third kappa shape index (κ3) is 3.49. The zero-order valence-electron chi connectivity index (χ0n) is 18.0. The molecule has 1 aliphatic heterocycles. The summed E-state index contributed by atoms with van der Waals surface area (Å²) in [6.45, 7) is 3.84. The van der Waals surface area contributed by atoms with Gasteiger partial charge in [-0.05, 0) is 72.3 Å². The Morgan fingerprint density at radius 2 is 1.94 bits per heavy atom. The van der Waals surface area contributed by atoms with Crippen LogP contribution in [0.2, 0.25) is 0 Å². The molecule has 32 heavy (non-hydrogen) atoms. The number of hydrogen-bond donors (Lipinski definition) is 3. The lowest BCUT2D eigenvalue weighted by atomic mass is 9.76. The van der Waals surface area contributed by atoms with E-state index < -0.39 is 11.5 Å². The summed E-state index contributed by atoms with van der Waals surface area (Å²) in [7, 11) is 1.71. The topological polar surface area (TPSA) is 96.6 Å². The standard InChI is InChI=1S/C25H23N3O3S/c1-4-22-27-25(2,21-12-18(14-32-21)16-7-5-6-15(10-16)13-26)23(24(31)28(22)3)17-8-9-19(29)20(30)11-17/h4-12,14,23,27,29-30H,1-3H3/b22-4-/t23-,25-/m1/s1. The van der Waals surface area contributed by atoms with Gasteiger partial charge in [-0.15, -0.1) is 11.3 Å². The van der Waals surface area contributed by atoms with Crippen molar-refractivity contribution in [1.29, 1.82) is 5.26 Å². The number of hydrogen-bond acceptors (Lipinski definition) is 6. The maximum absolute atomic E-state index is 13.5. The van der Waals surface area contributed by atoms with Gasteiger partial charge in [0.15, 0.2) is 11.5 Å². The number of amides is 1. The smallest absolute Gasteiger partial charge is 0.238 e. The number of nitriles is 1. The lowest BCUT2D eigenvalue weighted by molar-refractivity contribution is -0.134. The summed E-state index contributed by atoms with van der Waals surface area (Å²) in [5.74, 6) is -0.564. The van der Waals surface area contributed by atoms with Crippen LogP contribution in [0.4, 0.5) is 0 Å². The van der Waals surface area contributed by atoms with Crippen molar-refractivity contribution in [3.8, 4) is 28.7 Å². The van der Waals surface area contributed by atoms with Crippen LogP contribution in [0, 0.1) is 11.3 Å². The van der Waals surface area contributed by atoms with E-state index in [1.807, 2.05) is 49.6 Å². The Labute approximate surface area is 190 Å². The van der Waals surface area contributed by atoms with Crippen molar-refractivity contribution in [2.24, 2.45) is 0 Å². The Morgan fingerprint density at radius 1 is 1.16 bits per heavy atom. The van der Waals surface area contributed by atoms with Crippen molar-refractivity contribution in [3.63, 3.8) is 0 Å². The van der Waals surface area contributed by atoms with Crippen LogP contribution in [-0.2, 0) is 10.3 Å². The molecule has 2 atom stereocenters. The van der Waals surface area contributed by atoms with Gasteiger partial charge in [-0.1, -0.05) is 18.2 Å². The first-order valence-electron chi connectivity index (χ1n) is 10.1. The molecular formula is C25H23N3O3S. The quantitative estimate of drug-likeness (QED) is 0.511. The van der Waals surface area contributed by atoms with Gasteiger partial charge in [-0.25, -0.2) is 0 Å². The second-order valence-electron chi connectivity index (χ2n) is 7.97. The minimum absolute atomic E-state index is 0.120. The number of aromatic hydroxyl groups is 2. The van der Waals surface area contributed by atoms with Crippen LogP contribution >= 0.6 is 11.3 Å². The molecule has 0 aliphatic carbocycles. The van der Waals surface area contributed by atoms with Gasteiger partial charge in [0.2, 0.25) is 5.91 Å². The molecule has 0 bridgehead atoms. The summed E-state index contributed by atoms with van der Waals surface area (Å²) in [6, 6.07) is 16.1. The lowest BCUT2D eigenvalue weighted by Crippen LogP contribution is -2.57. The molecule has 4 rings (SSSR count). The molecule has 1 aromatic heterocycles. The zero-order valence-corrected chi connectivity index (χ0v) is 18.8. The molecule has 3 N–H and O–H groups in total. The van der Waals surface area contributed by atoms with E-state index in [0.29, 0.717) is 16.9 Å². The van der Waals surface area contributed by atoms with Crippen LogP contribution < -0.4 is 5.32 Å². The molecule has 1 aliphatic rings. The molecule has 1 saturated heterocycles. The van der Waals surface area contributed by atoms with Crippen LogP contribution in [0.25, 0.3) is 11.1 Å². The van der Waals surface area contributed by atoms with Gasteiger partial charge in [0.1, 0.15) is 5.82 Å². The van der Waals surface area contributed by atoms with Crippen molar-refractivity contribution in [2.45, 2.75) is 25.3 Å². The van der Waals surface area contributed by atoms with Gasteiger partial charge in [-0.2, -0.15) is 5.26 Å². The number of carbonyl (C=O) groups excluding carboxylic acids is 1. The average molecular weight is 446 g/mol. The van der Waals surface area contributed by atoms with Gasteiger partial charge < -0.3 is 20.4 Å². The van der Waals surface area contributed by atoms with Crippen LogP contribution in [0.15, 0.2) is 65.8 Å². The predicted molar refractivity (Wildman–Crippen MR) is 124 cm³/mol. The van der Waals surface area contributed by atoms with Gasteiger partial charge in [0.25, 0.3) is 0 Å². The summed E-state index contributed by atoms with van der Waals surface area (Å²) >= 11 is 1.53. The molecular weight excluding hydrogens is 422 g/mol. The summed E-state index contributed by atoms with van der Waals surface area (Å²) in [5.41, 5.74) is 2.28. The number of thiophene rings is 1. The van der Waals surface area contributed by atoms with E-state index in [2.05, 4.69) is 11.4 Å². The first-order chi connectivity index (χ1) is 15.3. The van der Waals surface area contributed by atoms with E-state index in [-0.39, 0.29) is 17.4 Å².